The smallest absolute Gasteiger partial charge is 0.407 e. The molecule has 0 unspecified atom stereocenters. The molecule has 2 N–H and O–H groups in total. The van der Waals surface area contributed by atoms with Crippen LogP contribution in [0.15, 0.2) is 36.4 Å². The average molecular weight is 963 g/mol. The molecule has 2 aliphatic rings. The summed E-state index contributed by atoms with van der Waals surface area (Å²) in [4.78, 5) is 78.5. The minimum absolute atomic E-state index is 0.0183. The van der Waals surface area contributed by atoms with Crippen molar-refractivity contribution in [2.24, 2.45) is 10.8 Å². The molecular weight excluding hydrogens is 888 g/mol. The minimum Gasteiger partial charge on any atom is -0.465 e. The van der Waals surface area contributed by atoms with E-state index in [1.54, 1.807) is 54.7 Å². The number of carboxylic acid groups (broad SMARTS) is 1. The van der Waals surface area contributed by atoms with Gasteiger partial charge in [-0.15, -0.1) is 0 Å². The van der Waals surface area contributed by atoms with Gasteiger partial charge in [0.05, 0.1) is 36.3 Å². The first-order valence-corrected chi connectivity index (χ1v) is 25.0. The van der Waals surface area contributed by atoms with Gasteiger partial charge in [-0.1, -0.05) is 57.0 Å². The van der Waals surface area contributed by atoms with E-state index in [4.69, 9.17) is 33.0 Å². The topological polar surface area (TPSA) is 226 Å². The summed E-state index contributed by atoms with van der Waals surface area (Å²) >= 11 is 0. The van der Waals surface area contributed by atoms with Gasteiger partial charge >= 0.3 is 25.6 Å². The molecule has 3 heterocycles. The lowest BCUT2D eigenvalue weighted by molar-refractivity contribution is -0.154. The first-order valence-electron chi connectivity index (χ1n) is 23.3. The third-order valence-electron chi connectivity index (χ3n) is 10.7. The van der Waals surface area contributed by atoms with Gasteiger partial charge in [0.25, 0.3) is 5.91 Å². The van der Waals surface area contributed by atoms with Crippen molar-refractivity contribution in [1.29, 1.82) is 0 Å². The highest BCUT2D eigenvalue weighted by Gasteiger charge is 2.35. The van der Waals surface area contributed by atoms with Crippen molar-refractivity contribution < 1.29 is 61.6 Å². The first-order chi connectivity index (χ1) is 31.7. The number of carbonyl (C=O) groups excluding carboxylic acids is 4. The predicted molar refractivity (Wildman–Crippen MR) is 253 cm³/mol. The molecule has 2 atom stereocenters. The molecular formula is C47H75N6O13P. The lowest BCUT2D eigenvalue weighted by Gasteiger charge is -2.35. The Morgan fingerprint density at radius 1 is 0.791 bits per heavy atom. The largest absolute Gasteiger partial charge is 0.465 e. The van der Waals surface area contributed by atoms with Gasteiger partial charge in [0, 0.05) is 71.2 Å². The number of rotatable bonds is 23. The van der Waals surface area contributed by atoms with Gasteiger partial charge < -0.3 is 53.1 Å². The van der Waals surface area contributed by atoms with E-state index in [2.05, 4.69) is 24.1 Å². The second-order valence-electron chi connectivity index (χ2n) is 18.4. The van der Waals surface area contributed by atoms with E-state index in [1.165, 1.54) is 35.5 Å². The average Bonchev–Trinajstić information content (AvgIpc) is 3.80. The summed E-state index contributed by atoms with van der Waals surface area (Å²) in [6, 6.07) is 9.39. The van der Waals surface area contributed by atoms with Crippen LogP contribution in [-0.4, -0.2) is 159 Å². The Morgan fingerprint density at radius 2 is 1.34 bits per heavy atom. The number of unbranched alkanes of at least 4 members (excludes halogenated alkanes) is 2. The summed E-state index contributed by atoms with van der Waals surface area (Å²) in [6.07, 6.45) is 3.91. The molecule has 2 aliphatic heterocycles. The van der Waals surface area contributed by atoms with Crippen LogP contribution in [0.25, 0.3) is 11.4 Å². The number of piperazine rings is 1. The zero-order valence-electron chi connectivity index (χ0n) is 41.1. The highest BCUT2D eigenvalue weighted by atomic mass is 31.2. The Morgan fingerprint density at radius 3 is 1.84 bits per heavy atom. The molecule has 0 bridgehead atoms. The molecule has 0 saturated carbocycles. The Bertz CT molecular complexity index is 1870. The van der Waals surface area contributed by atoms with Crippen molar-refractivity contribution in [2.45, 2.75) is 106 Å². The molecule has 4 rings (SSSR count). The molecule has 0 spiro atoms. The number of aromatic nitrogens is 2. The number of carbonyl (C=O) groups is 5. The first kappa shape index (κ1) is 56.6. The second-order valence-corrected chi connectivity index (χ2v) is 20.6. The number of esters is 2. The lowest BCUT2D eigenvalue weighted by Crippen LogP contribution is -2.56. The zero-order valence-corrected chi connectivity index (χ0v) is 42.0. The number of anilines is 1. The van der Waals surface area contributed by atoms with E-state index in [0.29, 0.717) is 30.3 Å². The third kappa shape index (κ3) is 19.8. The summed E-state index contributed by atoms with van der Waals surface area (Å²) in [5, 5.41) is 12.3. The molecule has 67 heavy (non-hydrogen) atoms. The third-order valence-corrected chi connectivity index (χ3v) is 12.6. The van der Waals surface area contributed by atoms with E-state index in [0.717, 1.165) is 19.6 Å². The summed E-state index contributed by atoms with van der Waals surface area (Å²) in [5.41, 5.74) is -0.922. The van der Waals surface area contributed by atoms with Crippen LogP contribution >= 0.6 is 7.60 Å². The predicted octanol–water partition coefficient (Wildman–Crippen LogP) is 6.69. The van der Waals surface area contributed by atoms with E-state index in [9.17, 15) is 33.6 Å². The number of methoxy groups -OCH3 is 1. The standard InChI is InChI=1S/C39H57N6O12P.C8H18O/c1-38(2,3)35(48)54-20-22-56-58(52,57-23-21-55-36(49)39(4,5)6)24-14-29(34(47)43-16-18-44(19-17-43)37(50)51)41-33(46)30-25-31(45-15-13-28(26-45)53-7)42-32(40-30)27-11-9-8-10-12-27;1-3-5-7-9-8-6-4-2/h8-12,25,28-29H,13-24,26H2,1-7H3,(H,41,46)(H,50,51);3-8H2,1-2H3/t28-,29-;/m0./s1. The maximum atomic E-state index is 14.2. The number of nitrogens with zero attached hydrogens (tertiary/aromatic N) is 5. The van der Waals surface area contributed by atoms with Gasteiger partial charge in [-0.05, 0) is 67.2 Å². The fraction of sp³-hybridized carbons (Fsp3) is 0.681. The van der Waals surface area contributed by atoms with Crippen molar-refractivity contribution in [3.05, 3.63) is 42.1 Å². The Labute approximate surface area is 396 Å². The summed E-state index contributed by atoms with van der Waals surface area (Å²) in [5.74, 6) is -1.44. The highest BCUT2D eigenvalue weighted by Crippen LogP contribution is 2.49. The van der Waals surface area contributed by atoms with Crippen LogP contribution in [0.2, 0.25) is 0 Å². The van der Waals surface area contributed by atoms with Crippen LogP contribution < -0.4 is 10.2 Å². The van der Waals surface area contributed by atoms with E-state index in [1.807, 2.05) is 35.2 Å². The van der Waals surface area contributed by atoms with Crippen LogP contribution in [0, 0.1) is 10.8 Å². The van der Waals surface area contributed by atoms with E-state index in [-0.39, 0.29) is 77.0 Å². The molecule has 20 heteroatoms. The van der Waals surface area contributed by atoms with Crippen molar-refractivity contribution in [3.8, 4) is 11.4 Å². The van der Waals surface area contributed by atoms with Crippen LogP contribution in [0.4, 0.5) is 10.6 Å². The molecule has 3 amide bonds. The van der Waals surface area contributed by atoms with Crippen molar-refractivity contribution >= 4 is 43.3 Å². The van der Waals surface area contributed by atoms with Crippen LogP contribution in [0.1, 0.15) is 104 Å². The molecule has 2 aromatic rings. The number of hydrogen-bond donors (Lipinski definition) is 2. The van der Waals surface area contributed by atoms with Crippen LogP contribution in [0.3, 0.4) is 0 Å². The van der Waals surface area contributed by atoms with E-state index >= 15 is 0 Å². The minimum atomic E-state index is -4.11. The molecule has 2 fully saturated rings. The molecule has 2 saturated heterocycles. The lowest BCUT2D eigenvalue weighted by atomic mass is 9.97. The molecule has 0 radical (unpaired) electrons. The summed E-state index contributed by atoms with van der Waals surface area (Å²) < 4.78 is 47.0. The number of ether oxygens (including phenoxy) is 4. The monoisotopic (exact) mass is 963 g/mol. The van der Waals surface area contributed by atoms with Gasteiger partial charge in [-0.25, -0.2) is 14.8 Å². The maximum absolute atomic E-state index is 14.2. The number of nitrogens with one attached hydrogen (secondary N) is 1. The van der Waals surface area contributed by atoms with Crippen molar-refractivity contribution in [3.63, 3.8) is 0 Å². The van der Waals surface area contributed by atoms with Gasteiger partial charge in [0.15, 0.2) is 5.82 Å². The molecule has 376 valence electrons. The number of hydrogen-bond acceptors (Lipinski definition) is 15. The molecule has 19 nitrogen and oxygen atoms in total. The summed E-state index contributed by atoms with van der Waals surface area (Å²) in [7, 11) is -2.47. The van der Waals surface area contributed by atoms with E-state index < -0.39 is 54.3 Å². The van der Waals surface area contributed by atoms with Gasteiger partial charge in [0.1, 0.15) is 30.8 Å². The quantitative estimate of drug-likeness (QED) is 0.0672. The van der Waals surface area contributed by atoms with Crippen LogP contribution in [-0.2, 0) is 46.9 Å². The number of benzene rings is 1. The normalized spacial score (nSPS) is 15.9. The zero-order chi connectivity index (χ0) is 49.6. The maximum Gasteiger partial charge on any atom is 0.407 e. The summed E-state index contributed by atoms with van der Waals surface area (Å²) in [6.45, 7) is 16.7. The van der Waals surface area contributed by atoms with Crippen molar-refractivity contribution in [2.75, 3.05) is 97.1 Å². The fourth-order valence-corrected chi connectivity index (χ4v) is 8.10. The van der Waals surface area contributed by atoms with Gasteiger partial charge in [-0.3, -0.25) is 23.7 Å². The molecule has 0 aliphatic carbocycles. The fourth-order valence-electron chi connectivity index (χ4n) is 6.49. The Kier molecular flexibility index (Phi) is 23.6. The molecule has 1 aromatic carbocycles. The SMILES string of the molecule is CCCCOCCCC.CO[C@H]1CCN(c2cc(C(=O)N[C@@H](CCP(=O)(OCCOC(=O)C(C)(C)C)OCCOC(=O)C(C)(C)C)C(=O)N3CCN(C(=O)O)CC3)nc(-c3ccccc3)n2)C1. The van der Waals surface area contributed by atoms with Crippen molar-refractivity contribution in [1.82, 2.24) is 25.1 Å². The molecule has 1 aromatic heterocycles. The van der Waals surface area contributed by atoms with Crippen LogP contribution in [0.5, 0.6) is 0 Å². The number of amides is 3. The Hall–Kier alpha value is -4.68. The second kappa shape index (κ2) is 28.0. The Balaban J connectivity index is 0.00000119. The van der Waals surface area contributed by atoms with Gasteiger partial charge in [-0.2, -0.15) is 0 Å². The van der Waals surface area contributed by atoms with Gasteiger partial charge in [0.2, 0.25) is 5.91 Å². The highest BCUT2D eigenvalue weighted by molar-refractivity contribution is 7.53.